The average Bonchev–Trinajstić information content (AvgIpc) is 3.42. The van der Waals surface area contributed by atoms with Crippen molar-refractivity contribution in [2.45, 2.75) is 46.2 Å². The Labute approximate surface area is 182 Å². The zero-order chi connectivity index (χ0) is 20.9. The second-order valence-corrected chi connectivity index (χ2v) is 8.98. The third-order valence-corrected chi connectivity index (χ3v) is 6.64. The summed E-state index contributed by atoms with van der Waals surface area (Å²) in [6.45, 7) is 7.22. The molecule has 1 fully saturated rings. The molecule has 0 spiro atoms. The topological polar surface area (TPSA) is 58.4 Å². The molecule has 1 saturated heterocycles. The maximum absolute atomic E-state index is 12.6. The molecule has 6 heteroatoms. The predicted octanol–water partition coefficient (Wildman–Crippen LogP) is 4.80. The molecular formula is C24H29N3O2S. The molecule has 2 aromatic heterocycles. The number of nitrogens with zero attached hydrogens (tertiary/aromatic N) is 2. The van der Waals surface area contributed by atoms with E-state index >= 15 is 0 Å². The van der Waals surface area contributed by atoms with Crippen LogP contribution < -0.4 is 5.32 Å². The Morgan fingerprint density at radius 3 is 2.87 bits per heavy atom. The number of aromatic nitrogens is 1. The molecule has 1 atom stereocenters. The Morgan fingerprint density at radius 1 is 1.30 bits per heavy atom. The van der Waals surface area contributed by atoms with Crippen LogP contribution in [0.4, 0.5) is 0 Å². The summed E-state index contributed by atoms with van der Waals surface area (Å²) in [5.74, 6) is 1.72. The summed E-state index contributed by atoms with van der Waals surface area (Å²) >= 11 is 1.67. The zero-order valence-electron chi connectivity index (χ0n) is 17.7. The number of oxazole rings is 1. The van der Waals surface area contributed by atoms with Crippen molar-refractivity contribution >= 4 is 17.2 Å². The van der Waals surface area contributed by atoms with E-state index in [4.69, 9.17) is 9.40 Å². The quantitative estimate of drug-likeness (QED) is 0.593. The second-order valence-electron chi connectivity index (χ2n) is 7.94. The van der Waals surface area contributed by atoms with Gasteiger partial charge in [0.25, 0.3) is 0 Å². The minimum atomic E-state index is 0.0342. The Kier molecular flexibility index (Phi) is 6.65. The maximum Gasteiger partial charge on any atom is 0.226 e. The molecular weight excluding hydrogens is 394 g/mol. The number of aryl methyl sites for hydroxylation is 2. The van der Waals surface area contributed by atoms with E-state index in [9.17, 15) is 4.79 Å². The van der Waals surface area contributed by atoms with Gasteiger partial charge in [0, 0.05) is 23.5 Å². The van der Waals surface area contributed by atoms with Crippen LogP contribution in [-0.2, 0) is 24.3 Å². The van der Waals surface area contributed by atoms with E-state index in [1.807, 2.05) is 18.4 Å². The number of carbonyl (C=O) groups is 1. The molecule has 1 aromatic carbocycles. The zero-order valence-corrected chi connectivity index (χ0v) is 18.5. The summed E-state index contributed by atoms with van der Waals surface area (Å²) in [6.07, 6.45) is 2.99. The van der Waals surface area contributed by atoms with Crippen LogP contribution >= 0.6 is 11.3 Å². The van der Waals surface area contributed by atoms with Gasteiger partial charge in [-0.2, -0.15) is 0 Å². The molecule has 0 aliphatic carbocycles. The standard InChI is InChI=1S/C24H29N3O2S/c1-3-18-8-10-19(11-9-18)24-26-22(17(2)29-24)16-27-12-4-6-20(15-27)23(28)25-14-21-7-5-13-30-21/h5,7-11,13,20H,3-4,6,12,14-16H2,1-2H3,(H,25,28). The van der Waals surface area contributed by atoms with Gasteiger partial charge in [0.2, 0.25) is 11.8 Å². The van der Waals surface area contributed by atoms with E-state index in [1.54, 1.807) is 11.3 Å². The molecule has 1 amide bonds. The predicted molar refractivity (Wildman–Crippen MR) is 120 cm³/mol. The normalized spacial score (nSPS) is 17.2. The summed E-state index contributed by atoms with van der Waals surface area (Å²) in [4.78, 5) is 20.9. The first-order chi connectivity index (χ1) is 14.6. The third kappa shape index (κ3) is 4.99. The highest BCUT2D eigenvalue weighted by Gasteiger charge is 2.27. The van der Waals surface area contributed by atoms with Gasteiger partial charge in [-0.05, 0) is 61.9 Å². The average molecular weight is 424 g/mol. The SMILES string of the molecule is CCc1ccc(-c2nc(CN3CCCC(C(=O)NCc4cccs4)C3)c(C)o2)cc1. The molecule has 0 radical (unpaired) electrons. The van der Waals surface area contributed by atoms with Gasteiger partial charge >= 0.3 is 0 Å². The van der Waals surface area contributed by atoms with E-state index < -0.39 is 0 Å². The van der Waals surface area contributed by atoms with Gasteiger partial charge in [0.15, 0.2) is 0 Å². The number of piperidine rings is 1. The summed E-state index contributed by atoms with van der Waals surface area (Å²) in [6, 6.07) is 12.5. The van der Waals surface area contributed by atoms with Crippen molar-refractivity contribution < 1.29 is 9.21 Å². The highest BCUT2D eigenvalue weighted by Crippen LogP contribution is 2.25. The van der Waals surface area contributed by atoms with E-state index in [0.717, 1.165) is 55.9 Å². The van der Waals surface area contributed by atoms with E-state index in [0.29, 0.717) is 12.4 Å². The van der Waals surface area contributed by atoms with Crippen LogP contribution in [0.5, 0.6) is 0 Å². The highest BCUT2D eigenvalue weighted by molar-refractivity contribution is 7.09. The lowest BCUT2D eigenvalue weighted by atomic mass is 9.97. The van der Waals surface area contributed by atoms with Crippen LogP contribution in [0, 0.1) is 12.8 Å². The number of nitrogens with one attached hydrogen (secondary N) is 1. The minimum absolute atomic E-state index is 0.0342. The number of amides is 1. The van der Waals surface area contributed by atoms with E-state index in [2.05, 4.69) is 47.5 Å². The van der Waals surface area contributed by atoms with Crippen LogP contribution in [0.2, 0.25) is 0 Å². The Balaban J connectivity index is 1.36. The van der Waals surface area contributed by atoms with Crippen molar-refractivity contribution in [2.75, 3.05) is 13.1 Å². The molecule has 3 heterocycles. The fourth-order valence-electron chi connectivity index (χ4n) is 3.94. The van der Waals surface area contributed by atoms with Gasteiger partial charge in [-0.25, -0.2) is 4.98 Å². The molecule has 0 saturated carbocycles. The first-order valence-electron chi connectivity index (χ1n) is 10.7. The lowest BCUT2D eigenvalue weighted by Crippen LogP contribution is -2.42. The number of hydrogen-bond acceptors (Lipinski definition) is 5. The second kappa shape index (κ2) is 9.58. The van der Waals surface area contributed by atoms with Gasteiger partial charge in [-0.1, -0.05) is 25.1 Å². The van der Waals surface area contributed by atoms with Gasteiger partial charge < -0.3 is 9.73 Å². The van der Waals surface area contributed by atoms with E-state index in [-0.39, 0.29) is 11.8 Å². The van der Waals surface area contributed by atoms with Crippen LogP contribution in [0.15, 0.2) is 46.2 Å². The molecule has 1 N–H and O–H groups in total. The third-order valence-electron chi connectivity index (χ3n) is 5.77. The monoisotopic (exact) mass is 423 g/mol. The Morgan fingerprint density at radius 2 is 2.13 bits per heavy atom. The largest absolute Gasteiger partial charge is 0.441 e. The van der Waals surface area contributed by atoms with Crippen LogP contribution in [0.1, 0.15) is 41.7 Å². The first-order valence-corrected chi connectivity index (χ1v) is 11.6. The number of benzene rings is 1. The summed E-state index contributed by atoms with van der Waals surface area (Å²) in [5.41, 5.74) is 3.27. The fraction of sp³-hybridized carbons (Fsp3) is 0.417. The number of likely N-dealkylation sites (tertiary alicyclic amines) is 1. The number of rotatable bonds is 7. The van der Waals surface area contributed by atoms with Crippen molar-refractivity contribution in [2.24, 2.45) is 5.92 Å². The lowest BCUT2D eigenvalue weighted by molar-refractivity contribution is -0.126. The van der Waals surface area contributed by atoms with Crippen LogP contribution in [-0.4, -0.2) is 28.9 Å². The highest BCUT2D eigenvalue weighted by atomic mass is 32.1. The number of carbonyl (C=O) groups excluding carboxylic acids is 1. The van der Waals surface area contributed by atoms with Crippen LogP contribution in [0.3, 0.4) is 0 Å². The molecule has 3 aromatic rings. The lowest BCUT2D eigenvalue weighted by Gasteiger charge is -2.31. The van der Waals surface area contributed by atoms with E-state index in [1.165, 1.54) is 10.4 Å². The van der Waals surface area contributed by atoms with Crippen molar-refractivity contribution in [1.82, 2.24) is 15.2 Å². The van der Waals surface area contributed by atoms with Crippen LogP contribution in [0.25, 0.3) is 11.5 Å². The Hall–Kier alpha value is -2.44. The minimum Gasteiger partial charge on any atom is -0.441 e. The molecule has 4 rings (SSSR count). The molecule has 1 aliphatic rings. The maximum atomic E-state index is 12.6. The summed E-state index contributed by atoms with van der Waals surface area (Å²) in [7, 11) is 0. The molecule has 158 valence electrons. The van der Waals surface area contributed by atoms with Gasteiger partial charge in [-0.3, -0.25) is 9.69 Å². The molecule has 5 nitrogen and oxygen atoms in total. The molecule has 0 bridgehead atoms. The van der Waals surface area contributed by atoms with Gasteiger partial charge in [0.1, 0.15) is 5.76 Å². The van der Waals surface area contributed by atoms with Crippen molar-refractivity contribution in [3.05, 3.63) is 63.7 Å². The number of thiophene rings is 1. The Bertz CT molecular complexity index is 963. The molecule has 1 aliphatic heterocycles. The van der Waals surface area contributed by atoms with Gasteiger partial charge in [0.05, 0.1) is 18.2 Å². The van der Waals surface area contributed by atoms with Crippen molar-refractivity contribution in [1.29, 1.82) is 0 Å². The van der Waals surface area contributed by atoms with Crippen molar-refractivity contribution in [3.8, 4) is 11.5 Å². The summed E-state index contributed by atoms with van der Waals surface area (Å²) < 4.78 is 5.95. The number of hydrogen-bond donors (Lipinski definition) is 1. The first kappa shape index (κ1) is 20.8. The molecule has 1 unspecified atom stereocenters. The fourth-order valence-corrected chi connectivity index (χ4v) is 4.58. The summed E-state index contributed by atoms with van der Waals surface area (Å²) in [5, 5.41) is 5.13. The smallest absolute Gasteiger partial charge is 0.226 e. The van der Waals surface area contributed by atoms with Crippen molar-refractivity contribution in [3.63, 3.8) is 0 Å². The van der Waals surface area contributed by atoms with Gasteiger partial charge in [-0.15, -0.1) is 11.3 Å². The molecule has 30 heavy (non-hydrogen) atoms.